The molecule has 1 heterocycles. The van der Waals surface area contributed by atoms with Crippen molar-refractivity contribution in [2.24, 2.45) is 0 Å². The maximum atomic E-state index is 3.22. The Labute approximate surface area is 94.9 Å². The third kappa shape index (κ3) is 8.19. The molecule has 15 heavy (non-hydrogen) atoms. The van der Waals surface area contributed by atoms with Gasteiger partial charge in [0.1, 0.15) is 0 Å². The minimum Gasteiger partial charge on any atom is -0.317 e. The van der Waals surface area contributed by atoms with Gasteiger partial charge in [-0.25, -0.2) is 0 Å². The van der Waals surface area contributed by atoms with E-state index in [0.717, 1.165) is 6.42 Å². The lowest BCUT2D eigenvalue weighted by Gasteiger charge is -1.89. The van der Waals surface area contributed by atoms with Gasteiger partial charge in [0, 0.05) is 0 Å². The van der Waals surface area contributed by atoms with Crippen molar-refractivity contribution >= 4 is 0 Å². The molecule has 1 nitrogen and oxygen atoms in total. The molecule has 0 aliphatic carbocycles. The molecule has 0 spiro atoms. The number of rotatable bonds is 1. The molecule has 0 bridgehead atoms. The first-order valence-corrected chi connectivity index (χ1v) is 6.18. The van der Waals surface area contributed by atoms with Crippen LogP contribution in [0.2, 0.25) is 0 Å². The largest absolute Gasteiger partial charge is 0.317 e. The van der Waals surface area contributed by atoms with E-state index in [1.165, 1.54) is 31.5 Å². The summed E-state index contributed by atoms with van der Waals surface area (Å²) in [5.74, 6) is 0. The standard InChI is InChI=1S/C8H10.C4H9N.C2H6/c1-2-8-6-4-3-5-7-8;1-2-4-5-3-1;1-2/h3-7H,2H2,1H3;5H,1-4H2;1-2H3. The fraction of sp³-hybridized carbons (Fsp3) is 0.571. The zero-order valence-corrected chi connectivity index (χ0v) is 10.4. The molecule has 0 atom stereocenters. The molecule has 2 rings (SSSR count). The molecule has 1 fully saturated rings. The number of benzene rings is 1. The van der Waals surface area contributed by atoms with Crippen LogP contribution < -0.4 is 5.32 Å². The summed E-state index contributed by atoms with van der Waals surface area (Å²) in [5.41, 5.74) is 1.41. The van der Waals surface area contributed by atoms with Gasteiger partial charge in [-0.05, 0) is 37.9 Å². The van der Waals surface area contributed by atoms with Crippen LogP contribution in [0.4, 0.5) is 0 Å². The molecular weight excluding hydrogens is 182 g/mol. The van der Waals surface area contributed by atoms with Gasteiger partial charge in [-0.15, -0.1) is 0 Å². The van der Waals surface area contributed by atoms with E-state index in [9.17, 15) is 0 Å². The summed E-state index contributed by atoms with van der Waals surface area (Å²) in [5, 5.41) is 3.22. The van der Waals surface area contributed by atoms with Gasteiger partial charge in [0.2, 0.25) is 0 Å². The Hall–Kier alpha value is -0.820. The first kappa shape index (κ1) is 14.2. The molecular formula is C14H25N. The van der Waals surface area contributed by atoms with Crippen molar-refractivity contribution in [2.45, 2.75) is 40.0 Å². The molecule has 1 saturated heterocycles. The highest BCUT2D eigenvalue weighted by molar-refractivity contribution is 5.13. The first-order valence-electron chi connectivity index (χ1n) is 6.18. The van der Waals surface area contributed by atoms with Crippen molar-refractivity contribution in [2.75, 3.05) is 13.1 Å². The smallest absolute Gasteiger partial charge is 0.00484 e. The van der Waals surface area contributed by atoms with E-state index in [4.69, 9.17) is 0 Å². The fourth-order valence-electron chi connectivity index (χ4n) is 1.34. The van der Waals surface area contributed by atoms with Crippen LogP contribution in [0.3, 0.4) is 0 Å². The summed E-state index contributed by atoms with van der Waals surface area (Å²) < 4.78 is 0. The third-order valence-corrected chi connectivity index (χ3v) is 2.21. The number of nitrogens with one attached hydrogen (secondary N) is 1. The molecule has 1 aliphatic rings. The molecule has 1 heteroatoms. The molecule has 1 aromatic rings. The molecule has 0 unspecified atom stereocenters. The topological polar surface area (TPSA) is 12.0 Å². The average Bonchev–Trinajstić information content (AvgIpc) is 2.92. The van der Waals surface area contributed by atoms with Crippen LogP contribution in [0.15, 0.2) is 30.3 Å². The monoisotopic (exact) mass is 207 g/mol. The summed E-state index contributed by atoms with van der Waals surface area (Å²) in [7, 11) is 0. The van der Waals surface area contributed by atoms with Gasteiger partial charge in [-0.2, -0.15) is 0 Å². The predicted octanol–water partition coefficient (Wildman–Crippen LogP) is 3.65. The quantitative estimate of drug-likeness (QED) is 0.741. The van der Waals surface area contributed by atoms with Crippen molar-refractivity contribution < 1.29 is 0 Å². The van der Waals surface area contributed by atoms with Crippen LogP contribution in [0.25, 0.3) is 0 Å². The van der Waals surface area contributed by atoms with Crippen LogP contribution >= 0.6 is 0 Å². The zero-order valence-electron chi connectivity index (χ0n) is 10.4. The van der Waals surface area contributed by atoms with Gasteiger partial charge in [0.15, 0.2) is 0 Å². The Balaban J connectivity index is 0.000000241. The van der Waals surface area contributed by atoms with Gasteiger partial charge in [0.05, 0.1) is 0 Å². The second-order valence-electron chi connectivity index (χ2n) is 3.30. The van der Waals surface area contributed by atoms with Crippen molar-refractivity contribution in [3.05, 3.63) is 35.9 Å². The Morgan fingerprint density at radius 2 is 1.53 bits per heavy atom. The van der Waals surface area contributed by atoms with E-state index in [-0.39, 0.29) is 0 Å². The molecule has 0 aromatic heterocycles. The second-order valence-corrected chi connectivity index (χ2v) is 3.30. The summed E-state index contributed by atoms with van der Waals surface area (Å²) in [6.45, 7) is 8.66. The van der Waals surface area contributed by atoms with Gasteiger partial charge in [0.25, 0.3) is 0 Å². The molecule has 0 radical (unpaired) electrons. The Morgan fingerprint density at radius 1 is 1.00 bits per heavy atom. The van der Waals surface area contributed by atoms with Gasteiger partial charge in [-0.1, -0.05) is 51.1 Å². The van der Waals surface area contributed by atoms with E-state index in [1.54, 1.807) is 0 Å². The van der Waals surface area contributed by atoms with Crippen LogP contribution in [0.5, 0.6) is 0 Å². The van der Waals surface area contributed by atoms with E-state index in [0.29, 0.717) is 0 Å². The van der Waals surface area contributed by atoms with Crippen molar-refractivity contribution in [1.29, 1.82) is 0 Å². The van der Waals surface area contributed by atoms with Crippen molar-refractivity contribution in [3.63, 3.8) is 0 Å². The number of hydrogen-bond donors (Lipinski definition) is 1. The van der Waals surface area contributed by atoms with Gasteiger partial charge < -0.3 is 5.32 Å². The number of aryl methyl sites for hydroxylation is 1. The van der Waals surface area contributed by atoms with Crippen LogP contribution in [0.1, 0.15) is 39.2 Å². The normalized spacial score (nSPS) is 13.3. The van der Waals surface area contributed by atoms with Gasteiger partial charge in [-0.3, -0.25) is 0 Å². The summed E-state index contributed by atoms with van der Waals surface area (Å²) in [6.07, 6.45) is 3.92. The lowest BCUT2D eigenvalue weighted by atomic mass is 10.2. The lowest BCUT2D eigenvalue weighted by molar-refractivity contribution is 0.857. The zero-order chi connectivity index (χ0) is 11.4. The lowest BCUT2D eigenvalue weighted by Crippen LogP contribution is -2.03. The summed E-state index contributed by atoms with van der Waals surface area (Å²) in [4.78, 5) is 0. The minimum atomic E-state index is 1.14. The summed E-state index contributed by atoms with van der Waals surface area (Å²) in [6, 6.07) is 10.5. The van der Waals surface area contributed by atoms with E-state index < -0.39 is 0 Å². The van der Waals surface area contributed by atoms with E-state index in [2.05, 4.69) is 36.5 Å². The molecule has 1 N–H and O–H groups in total. The minimum absolute atomic E-state index is 1.14. The molecule has 1 aromatic carbocycles. The summed E-state index contributed by atoms with van der Waals surface area (Å²) >= 11 is 0. The van der Waals surface area contributed by atoms with E-state index in [1.807, 2.05) is 19.9 Å². The molecule has 0 saturated carbocycles. The highest BCUT2D eigenvalue weighted by atomic mass is 14.9. The predicted molar refractivity (Wildman–Crippen MR) is 69.3 cm³/mol. The average molecular weight is 207 g/mol. The van der Waals surface area contributed by atoms with Crippen LogP contribution in [-0.2, 0) is 6.42 Å². The first-order chi connectivity index (χ1) is 7.43. The Morgan fingerprint density at radius 3 is 1.80 bits per heavy atom. The van der Waals surface area contributed by atoms with Crippen molar-refractivity contribution in [3.8, 4) is 0 Å². The van der Waals surface area contributed by atoms with E-state index >= 15 is 0 Å². The van der Waals surface area contributed by atoms with Crippen molar-refractivity contribution in [1.82, 2.24) is 5.32 Å². The Kier molecular flexibility index (Phi) is 10.6. The SMILES string of the molecule is C1CCNC1.CC.CCc1ccccc1. The maximum absolute atomic E-state index is 3.22. The fourth-order valence-corrected chi connectivity index (χ4v) is 1.34. The molecule has 86 valence electrons. The third-order valence-electron chi connectivity index (χ3n) is 2.21. The van der Waals surface area contributed by atoms with Crippen LogP contribution in [0, 0.1) is 0 Å². The Bertz CT molecular complexity index is 194. The molecule has 1 aliphatic heterocycles. The van der Waals surface area contributed by atoms with Gasteiger partial charge >= 0.3 is 0 Å². The highest BCUT2D eigenvalue weighted by Crippen LogP contribution is 1.96. The maximum Gasteiger partial charge on any atom is -0.00484 e. The van der Waals surface area contributed by atoms with Crippen LogP contribution in [-0.4, -0.2) is 13.1 Å². The number of hydrogen-bond acceptors (Lipinski definition) is 1. The highest BCUT2D eigenvalue weighted by Gasteiger charge is 1.93. The second kappa shape index (κ2) is 11.3. The molecule has 0 amide bonds.